The first-order valence-corrected chi connectivity index (χ1v) is 3.68. The molecule has 0 aliphatic rings. The fourth-order valence-corrected chi connectivity index (χ4v) is 0.612. The number of hydrogen-bond donors (Lipinski definition) is 1. The van der Waals surface area contributed by atoms with Gasteiger partial charge in [-0.2, -0.15) is 0 Å². The van der Waals surface area contributed by atoms with E-state index in [4.69, 9.17) is 0 Å². The zero-order valence-electron chi connectivity index (χ0n) is 6.52. The zero-order valence-corrected chi connectivity index (χ0v) is 6.52. The van der Waals surface area contributed by atoms with E-state index >= 15 is 0 Å². The SMILES string of the molecule is C=CCNC(=O)CCCC. The Morgan fingerprint density at radius 1 is 1.70 bits per heavy atom. The van der Waals surface area contributed by atoms with Gasteiger partial charge in [-0.1, -0.05) is 19.4 Å². The summed E-state index contributed by atoms with van der Waals surface area (Å²) in [7, 11) is 0. The Morgan fingerprint density at radius 2 is 2.40 bits per heavy atom. The normalized spacial score (nSPS) is 8.90. The van der Waals surface area contributed by atoms with E-state index in [0.717, 1.165) is 12.8 Å². The lowest BCUT2D eigenvalue weighted by Gasteiger charge is -1.98. The second-order valence-corrected chi connectivity index (χ2v) is 2.20. The molecule has 0 aromatic carbocycles. The van der Waals surface area contributed by atoms with Crippen molar-refractivity contribution in [2.75, 3.05) is 6.54 Å². The highest BCUT2D eigenvalue weighted by Gasteiger charge is 1.95. The van der Waals surface area contributed by atoms with Crippen LogP contribution in [0.25, 0.3) is 0 Å². The van der Waals surface area contributed by atoms with Gasteiger partial charge in [-0.15, -0.1) is 6.58 Å². The van der Waals surface area contributed by atoms with E-state index in [9.17, 15) is 4.79 Å². The maximum atomic E-state index is 10.8. The zero-order chi connectivity index (χ0) is 7.82. The standard InChI is InChI=1S/C8H15NO/c1-3-5-6-8(10)9-7-4-2/h4H,2-3,5-7H2,1H3,(H,9,10). The fraction of sp³-hybridized carbons (Fsp3) is 0.625. The molecule has 0 saturated heterocycles. The van der Waals surface area contributed by atoms with Gasteiger partial charge in [-0.3, -0.25) is 4.79 Å². The minimum atomic E-state index is 0.127. The number of hydrogen-bond acceptors (Lipinski definition) is 1. The van der Waals surface area contributed by atoms with Crippen molar-refractivity contribution < 1.29 is 4.79 Å². The van der Waals surface area contributed by atoms with Crippen LogP contribution in [0.2, 0.25) is 0 Å². The maximum Gasteiger partial charge on any atom is 0.220 e. The van der Waals surface area contributed by atoms with Crippen LogP contribution >= 0.6 is 0 Å². The Hall–Kier alpha value is -0.790. The minimum absolute atomic E-state index is 0.127. The summed E-state index contributed by atoms with van der Waals surface area (Å²) in [6.07, 6.45) is 4.37. The summed E-state index contributed by atoms with van der Waals surface area (Å²) in [6, 6.07) is 0. The molecule has 2 heteroatoms. The summed E-state index contributed by atoms with van der Waals surface area (Å²) < 4.78 is 0. The molecule has 0 unspecified atom stereocenters. The number of unbranched alkanes of at least 4 members (excludes halogenated alkanes) is 1. The molecule has 0 fully saturated rings. The van der Waals surface area contributed by atoms with E-state index in [2.05, 4.69) is 18.8 Å². The molecule has 0 atom stereocenters. The quantitative estimate of drug-likeness (QED) is 0.577. The molecule has 0 aromatic rings. The van der Waals surface area contributed by atoms with Crippen molar-refractivity contribution in [2.45, 2.75) is 26.2 Å². The van der Waals surface area contributed by atoms with Gasteiger partial charge in [0.2, 0.25) is 5.91 Å². The van der Waals surface area contributed by atoms with Gasteiger partial charge in [0, 0.05) is 13.0 Å². The Morgan fingerprint density at radius 3 is 2.90 bits per heavy atom. The van der Waals surface area contributed by atoms with Crippen molar-refractivity contribution >= 4 is 5.91 Å². The highest BCUT2D eigenvalue weighted by atomic mass is 16.1. The fourth-order valence-electron chi connectivity index (χ4n) is 0.612. The average molecular weight is 141 g/mol. The van der Waals surface area contributed by atoms with Gasteiger partial charge in [0.1, 0.15) is 0 Å². The largest absolute Gasteiger partial charge is 0.353 e. The highest BCUT2D eigenvalue weighted by Crippen LogP contribution is 1.92. The van der Waals surface area contributed by atoms with Crippen molar-refractivity contribution in [3.05, 3.63) is 12.7 Å². The number of amides is 1. The minimum Gasteiger partial charge on any atom is -0.353 e. The number of rotatable bonds is 5. The van der Waals surface area contributed by atoms with Crippen molar-refractivity contribution in [3.63, 3.8) is 0 Å². The number of carbonyl (C=O) groups excluding carboxylic acids is 1. The first-order valence-electron chi connectivity index (χ1n) is 3.68. The molecule has 0 rings (SSSR count). The predicted molar refractivity (Wildman–Crippen MR) is 42.7 cm³/mol. The van der Waals surface area contributed by atoms with Gasteiger partial charge in [-0.25, -0.2) is 0 Å². The first kappa shape index (κ1) is 9.21. The van der Waals surface area contributed by atoms with E-state index in [1.807, 2.05) is 0 Å². The topological polar surface area (TPSA) is 29.1 Å². The Kier molecular flexibility index (Phi) is 5.83. The van der Waals surface area contributed by atoms with Gasteiger partial charge >= 0.3 is 0 Å². The molecular formula is C8H15NO. The number of nitrogens with one attached hydrogen (secondary N) is 1. The summed E-state index contributed by atoms with van der Waals surface area (Å²) in [5.74, 6) is 0.127. The molecule has 0 aliphatic heterocycles. The molecule has 0 spiro atoms. The molecule has 10 heavy (non-hydrogen) atoms. The molecule has 0 aliphatic carbocycles. The molecule has 0 bridgehead atoms. The summed E-state index contributed by atoms with van der Waals surface area (Å²) in [5, 5.41) is 2.71. The van der Waals surface area contributed by atoms with Crippen molar-refractivity contribution in [3.8, 4) is 0 Å². The van der Waals surface area contributed by atoms with Crippen LogP contribution in [0.4, 0.5) is 0 Å². The van der Waals surface area contributed by atoms with Crippen LogP contribution in [-0.4, -0.2) is 12.5 Å². The number of carbonyl (C=O) groups is 1. The van der Waals surface area contributed by atoms with Gasteiger partial charge in [0.25, 0.3) is 0 Å². The van der Waals surface area contributed by atoms with Crippen LogP contribution in [0.15, 0.2) is 12.7 Å². The summed E-state index contributed by atoms with van der Waals surface area (Å²) in [6.45, 7) is 6.15. The van der Waals surface area contributed by atoms with Gasteiger partial charge in [0.15, 0.2) is 0 Å². The van der Waals surface area contributed by atoms with Crippen LogP contribution in [0.1, 0.15) is 26.2 Å². The molecule has 0 aromatic heterocycles. The predicted octanol–water partition coefficient (Wildman–Crippen LogP) is 1.48. The van der Waals surface area contributed by atoms with Crippen molar-refractivity contribution in [1.29, 1.82) is 0 Å². The lowest BCUT2D eigenvalue weighted by molar-refractivity contribution is -0.120. The highest BCUT2D eigenvalue weighted by molar-refractivity contribution is 5.75. The van der Waals surface area contributed by atoms with Crippen LogP contribution < -0.4 is 5.32 Å². The Labute approximate surface area is 62.3 Å². The maximum absolute atomic E-state index is 10.8. The van der Waals surface area contributed by atoms with Crippen LogP contribution in [0.5, 0.6) is 0 Å². The summed E-state index contributed by atoms with van der Waals surface area (Å²) in [4.78, 5) is 10.8. The molecule has 2 nitrogen and oxygen atoms in total. The van der Waals surface area contributed by atoms with E-state index < -0.39 is 0 Å². The van der Waals surface area contributed by atoms with E-state index in [1.54, 1.807) is 6.08 Å². The Bertz CT molecular complexity index is 110. The molecule has 1 amide bonds. The van der Waals surface area contributed by atoms with Gasteiger partial charge in [-0.05, 0) is 6.42 Å². The van der Waals surface area contributed by atoms with Gasteiger partial charge in [0.05, 0.1) is 0 Å². The Balaban J connectivity index is 3.16. The smallest absolute Gasteiger partial charge is 0.220 e. The van der Waals surface area contributed by atoms with E-state index in [1.165, 1.54) is 0 Å². The monoisotopic (exact) mass is 141 g/mol. The third kappa shape index (κ3) is 5.35. The molecule has 0 heterocycles. The second kappa shape index (κ2) is 6.33. The first-order chi connectivity index (χ1) is 4.81. The molecule has 58 valence electrons. The van der Waals surface area contributed by atoms with Crippen molar-refractivity contribution in [1.82, 2.24) is 5.32 Å². The van der Waals surface area contributed by atoms with Crippen LogP contribution in [0.3, 0.4) is 0 Å². The summed E-state index contributed by atoms with van der Waals surface area (Å²) in [5.41, 5.74) is 0. The third-order valence-electron chi connectivity index (χ3n) is 1.20. The van der Waals surface area contributed by atoms with Gasteiger partial charge < -0.3 is 5.32 Å². The average Bonchev–Trinajstić information content (AvgIpc) is 1.97. The third-order valence-corrected chi connectivity index (χ3v) is 1.20. The molecule has 0 radical (unpaired) electrons. The molecule has 1 N–H and O–H groups in total. The van der Waals surface area contributed by atoms with Crippen LogP contribution in [-0.2, 0) is 4.79 Å². The summed E-state index contributed by atoms with van der Waals surface area (Å²) >= 11 is 0. The lowest BCUT2D eigenvalue weighted by Crippen LogP contribution is -2.22. The molecule has 0 saturated carbocycles. The second-order valence-electron chi connectivity index (χ2n) is 2.20. The van der Waals surface area contributed by atoms with E-state index in [0.29, 0.717) is 13.0 Å². The molecular weight excluding hydrogens is 126 g/mol. The van der Waals surface area contributed by atoms with Crippen molar-refractivity contribution in [2.24, 2.45) is 0 Å². The lowest BCUT2D eigenvalue weighted by atomic mass is 10.2. The van der Waals surface area contributed by atoms with E-state index in [-0.39, 0.29) is 5.91 Å². The van der Waals surface area contributed by atoms with Crippen LogP contribution in [0, 0.1) is 0 Å².